The van der Waals surface area contributed by atoms with Gasteiger partial charge in [-0.25, -0.2) is 0 Å². The molecule has 0 saturated heterocycles. The van der Waals surface area contributed by atoms with E-state index in [1.165, 1.54) is 27.7 Å². The molecule has 10 nitrogen and oxygen atoms in total. The van der Waals surface area contributed by atoms with Crippen LogP contribution in [-0.2, 0) is 19.2 Å². The van der Waals surface area contributed by atoms with E-state index in [2.05, 4.69) is 16.0 Å². The summed E-state index contributed by atoms with van der Waals surface area (Å²) in [6, 6.07) is -4.34. The van der Waals surface area contributed by atoms with Crippen LogP contribution < -0.4 is 21.7 Å². The lowest BCUT2D eigenvalue weighted by Gasteiger charge is -2.24. The third-order valence-electron chi connectivity index (χ3n) is 2.96. The van der Waals surface area contributed by atoms with Crippen LogP contribution in [0.3, 0.4) is 0 Å². The van der Waals surface area contributed by atoms with Gasteiger partial charge >= 0.3 is 5.97 Å². The van der Waals surface area contributed by atoms with Crippen molar-refractivity contribution >= 4 is 23.7 Å². The number of carboxylic acids is 1. The van der Waals surface area contributed by atoms with Crippen LogP contribution in [0.25, 0.3) is 0 Å². The number of nitrogens with one attached hydrogen (secondary N) is 3. The van der Waals surface area contributed by atoms with Gasteiger partial charge in [0.2, 0.25) is 17.7 Å². The number of aliphatic hydroxyl groups is 1. The van der Waals surface area contributed by atoms with Gasteiger partial charge in [0.05, 0.1) is 12.1 Å². The van der Waals surface area contributed by atoms with Gasteiger partial charge < -0.3 is 31.9 Å². The van der Waals surface area contributed by atoms with Crippen LogP contribution in [0.5, 0.6) is 0 Å². The zero-order chi connectivity index (χ0) is 18.3. The van der Waals surface area contributed by atoms with Crippen LogP contribution in [-0.4, -0.2) is 64.2 Å². The van der Waals surface area contributed by atoms with Gasteiger partial charge in [0.1, 0.15) is 18.1 Å². The first-order valence-electron chi connectivity index (χ1n) is 7.05. The zero-order valence-electron chi connectivity index (χ0n) is 13.5. The van der Waals surface area contributed by atoms with Gasteiger partial charge in [0.25, 0.3) is 0 Å². The van der Waals surface area contributed by atoms with Crippen LogP contribution in [0.15, 0.2) is 0 Å². The van der Waals surface area contributed by atoms with Crippen molar-refractivity contribution in [2.45, 2.75) is 58.0 Å². The molecule has 0 aromatic carbocycles. The highest BCUT2D eigenvalue weighted by atomic mass is 16.4. The molecule has 0 rings (SSSR count). The predicted octanol–water partition coefficient (Wildman–Crippen LogP) is -2.71. The number of hydrogen-bond donors (Lipinski definition) is 6. The summed E-state index contributed by atoms with van der Waals surface area (Å²) in [5.74, 6) is -3.36. The molecule has 0 unspecified atom stereocenters. The van der Waals surface area contributed by atoms with E-state index < -0.39 is 54.0 Å². The molecule has 0 radical (unpaired) electrons. The van der Waals surface area contributed by atoms with Crippen LogP contribution in [0, 0.1) is 0 Å². The average Bonchev–Trinajstić information content (AvgIpc) is 2.43. The van der Waals surface area contributed by atoms with E-state index in [-0.39, 0.29) is 0 Å². The molecular weight excluding hydrogens is 308 g/mol. The van der Waals surface area contributed by atoms with Crippen LogP contribution in [0.4, 0.5) is 0 Å². The first-order chi connectivity index (χ1) is 10.5. The summed E-state index contributed by atoms with van der Waals surface area (Å²) in [6.45, 7) is 5.32. The normalized spacial score (nSPS) is 17.1. The largest absolute Gasteiger partial charge is 0.480 e. The topological polar surface area (TPSA) is 171 Å². The van der Waals surface area contributed by atoms with Gasteiger partial charge in [-0.15, -0.1) is 0 Å². The Morgan fingerprint density at radius 2 is 1.30 bits per heavy atom. The molecule has 0 aliphatic carbocycles. The summed E-state index contributed by atoms with van der Waals surface area (Å²) in [4.78, 5) is 46.0. The summed E-state index contributed by atoms with van der Waals surface area (Å²) in [6.07, 6.45) is -1.22. The van der Waals surface area contributed by atoms with E-state index in [0.29, 0.717) is 0 Å². The van der Waals surface area contributed by atoms with E-state index in [0.717, 1.165) is 0 Å². The van der Waals surface area contributed by atoms with Crippen molar-refractivity contribution in [1.82, 2.24) is 16.0 Å². The Bertz CT molecular complexity index is 465. The lowest BCUT2D eigenvalue weighted by molar-refractivity contribution is -0.141. The van der Waals surface area contributed by atoms with Gasteiger partial charge in [-0.3, -0.25) is 19.2 Å². The number of rotatable bonds is 8. The Kier molecular flexibility index (Phi) is 8.19. The Morgan fingerprint density at radius 3 is 1.70 bits per heavy atom. The minimum Gasteiger partial charge on any atom is -0.480 e. The fourth-order valence-corrected chi connectivity index (χ4v) is 1.46. The summed E-state index contributed by atoms with van der Waals surface area (Å²) in [7, 11) is 0. The second-order valence-corrected chi connectivity index (χ2v) is 5.31. The third kappa shape index (κ3) is 7.06. The molecule has 10 heteroatoms. The van der Waals surface area contributed by atoms with Gasteiger partial charge in [0.15, 0.2) is 0 Å². The number of carboxylic acid groups (broad SMARTS) is 1. The minimum atomic E-state index is -1.29. The molecule has 0 aromatic heterocycles. The number of nitrogens with two attached hydrogens (primary N) is 1. The maximum atomic E-state index is 12.1. The van der Waals surface area contributed by atoms with E-state index in [1.54, 1.807) is 0 Å². The quantitative estimate of drug-likeness (QED) is 0.280. The van der Waals surface area contributed by atoms with Crippen molar-refractivity contribution in [3.8, 4) is 0 Å². The first-order valence-corrected chi connectivity index (χ1v) is 7.05. The molecule has 3 amide bonds. The SMILES string of the molecule is C[C@H](N)C(=O)N[C@H](C(=O)N[C@@H](C)C(=O)N[C@@H](C)C(=O)O)[C@@H](C)O. The number of amides is 3. The number of carbonyl (C=O) groups excluding carboxylic acids is 3. The molecule has 0 bridgehead atoms. The van der Waals surface area contributed by atoms with Crippen molar-refractivity contribution in [3.05, 3.63) is 0 Å². The Hall–Kier alpha value is -2.20. The fraction of sp³-hybridized carbons (Fsp3) is 0.692. The van der Waals surface area contributed by atoms with Gasteiger partial charge in [-0.05, 0) is 27.7 Å². The maximum Gasteiger partial charge on any atom is 0.325 e. The molecule has 0 heterocycles. The van der Waals surface area contributed by atoms with Crippen LogP contribution in [0.2, 0.25) is 0 Å². The summed E-state index contributed by atoms with van der Waals surface area (Å²) in [5, 5.41) is 25.0. The molecular formula is C13H24N4O6. The molecule has 0 aliphatic rings. The van der Waals surface area contributed by atoms with Gasteiger partial charge in [0, 0.05) is 0 Å². The van der Waals surface area contributed by atoms with Gasteiger partial charge in [-0.1, -0.05) is 0 Å². The molecule has 0 aromatic rings. The molecule has 23 heavy (non-hydrogen) atoms. The lowest BCUT2D eigenvalue weighted by atomic mass is 10.1. The Morgan fingerprint density at radius 1 is 0.826 bits per heavy atom. The highest BCUT2D eigenvalue weighted by molar-refractivity contribution is 5.94. The van der Waals surface area contributed by atoms with E-state index in [1.807, 2.05) is 0 Å². The van der Waals surface area contributed by atoms with E-state index in [9.17, 15) is 24.3 Å². The van der Waals surface area contributed by atoms with E-state index in [4.69, 9.17) is 10.8 Å². The van der Waals surface area contributed by atoms with Gasteiger partial charge in [-0.2, -0.15) is 0 Å². The molecule has 132 valence electrons. The maximum absolute atomic E-state index is 12.1. The average molecular weight is 332 g/mol. The first kappa shape index (κ1) is 20.8. The number of aliphatic carboxylic acids is 1. The van der Waals surface area contributed by atoms with Crippen molar-refractivity contribution in [3.63, 3.8) is 0 Å². The molecule has 0 spiro atoms. The molecule has 0 saturated carbocycles. The highest BCUT2D eigenvalue weighted by Gasteiger charge is 2.29. The Labute approximate surface area is 133 Å². The molecule has 0 fully saturated rings. The van der Waals surface area contributed by atoms with Crippen molar-refractivity contribution in [2.75, 3.05) is 0 Å². The third-order valence-corrected chi connectivity index (χ3v) is 2.96. The molecule has 7 N–H and O–H groups in total. The standard InChI is InChI=1S/C13H24N4O6/c1-5(14)10(19)17-9(8(4)18)12(21)15-6(2)11(20)16-7(3)13(22)23/h5-9,18H,14H2,1-4H3,(H,15,21)(H,16,20)(H,17,19)(H,22,23)/t5-,6-,7-,8+,9-/m0/s1. The molecule has 5 atom stereocenters. The fourth-order valence-electron chi connectivity index (χ4n) is 1.46. The summed E-state index contributed by atoms with van der Waals surface area (Å²) >= 11 is 0. The highest BCUT2D eigenvalue weighted by Crippen LogP contribution is 1.97. The van der Waals surface area contributed by atoms with Crippen LogP contribution >= 0.6 is 0 Å². The predicted molar refractivity (Wildman–Crippen MR) is 80.1 cm³/mol. The summed E-state index contributed by atoms with van der Waals surface area (Å²) < 4.78 is 0. The Balaban J connectivity index is 4.76. The summed E-state index contributed by atoms with van der Waals surface area (Å²) in [5.41, 5.74) is 5.37. The second-order valence-electron chi connectivity index (χ2n) is 5.31. The number of hydrogen-bond acceptors (Lipinski definition) is 6. The smallest absolute Gasteiger partial charge is 0.325 e. The lowest BCUT2D eigenvalue weighted by Crippen LogP contribution is -2.58. The van der Waals surface area contributed by atoms with E-state index >= 15 is 0 Å². The van der Waals surface area contributed by atoms with Crippen LogP contribution in [0.1, 0.15) is 27.7 Å². The monoisotopic (exact) mass is 332 g/mol. The molecule has 0 aliphatic heterocycles. The number of carbonyl (C=O) groups is 4. The zero-order valence-corrected chi connectivity index (χ0v) is 13.5. The second kappa shape index (κ2) is 9.06. The van der Waals surface area contributed by atoms with Crippen molar-refractivity contribution < 1.29 is 29.4 Å². The van der Waals surface area contributed by atoms with Crippen molar-refractivity contribution in [1.29, 1.82) is 0 Å². The minimum absolute atomic E-state index is 0.636. The van der Waals surface area contributed by atoms with Crippen molar-refractivity contribution in [2.24, 2.45) is 5.73 Å². The number of aliphatic hydroxyl groups excluding tert-OH is 1.